The summed E-state index contributed by atoms with van der Waals surface area (Å²) in [7, 11) is 0. The maximum atomic E-state index is 12.7. The van der Waals surface area contributed by atoms with Gasteiger partial charge < -0.3 is 9.64 Å². The van der Waals surface area contributed by atoms with Crippen LogP contribution in [-0.4, -0.2) is 18.1 Å². The van der Waals surface area contributed by atoms with E-state index in [4.69, 9.17) is 16.3 Å². The number of ether oxygens (including phenoxy) is 1. The second kappa shape index (κ2) is 6.48. The first-order valence-electron chi connectivity index (χ1n) is 7.76. The van der Waals surface area contributed by atoms with Crippen LogP contribution in [0, 0.1) is 31.6 Å². The van der Waals surface area contributed by atoms with E-state index in [0.717, 1.165) is 11.6 Å². The van der Waals surface area contributed by atoms with E-state index >= 15 is 0 Å². The maximum Gasteiger partial charge on any atom is 0.270 e. The predicted molar refractivity (Wildman–Crippen MR) is 94.0 cm³/mol. The van der Waals surface area contributed by atoms with E-state index in [0.29, 0.717) is 10.8 Å². The third kappa shape index (κ3) is 2.78. The summed E-state index contributed by atoms with van der Waals surface area (Å²) in [6, 6.07) is 16.6. The molecule has 2 aliphatic rings. The molecule has 1 heterocycles. The molecule has 0 spiro atoms. The van der Waals surface area contributed by atoms with E-state index in [2.05, 4.69) is 0 Å². The molecule has 3 nitrogen and oxygen atoms in total. The highest BCUT2D eigenvalue weighted by Crippen LogP contribution is 2.41. The lowest BCUT2D eigenvalue weighted by molar-refractivity contribution is -0.134. The van der Waals surface area contributed by atoms with Crippen LogP contribution in [0.1, 0.15) is 0 Å². The molecular weight excluding hydrogens is 322 g/mol. The normalized spacial score (nSPS) is 24.0. The summed E-state index contributed by atoms with van der Waals surface area (Å²) in [6.45, 7) is 0. The fraction of sp³-hybridized carbons (Fsp3) is 0.100. The first-order chi connectivity index (χ1) is 11.7. The molecule has 1 aliphatic heterocycles. The van der Waals surface area contributed by atoms with Crippen molar-refractivity contribution in [3.8, 4) is 5.75 Å². The molecule has 1 amide bonds. The number of halogens is 1. The summed E-state index contributed by atoms with van der Waals surface area (Å²) >= 11 is 5.96. The monoisotopic (exact) mass is 336 g/mol. The fourth-order valence-electron chi connectivity index (χ4n) is 3.02. The number of β-lactam (4-membered cyclic amide) rings is 1. The van der Waals surface area contributed by atoms with Gasteiger partial charge in [0.15, 0.2) is 6.10 Å². The van der Waals surface area contributed by atoms with Crippen molar-refractivity contribution >= 4 is 23.2 Å². The molecule has 0 unspecified atom stereocenters. The van der Waals surface area contributed by atoms with Gasteiger partial charge >= 0.3 is 0 Å². The van der Waals surface area contributed by atoms with Gasteiger partial charge in [-0.2, -0.15) is 0 Å². The SMILES string of the molecule is O=C1[C@H](Oc2ccccc2)[C@H]([C]2[CH][CH][CH][CH]2)N1c1ccc(Cl)cc1. The Kier molecular flexibility index (Phi) is 4.19. The third-order valence-electron chi connectivity index (χ3n) is 4.19. The molecule has 4 heteroatoms. The van der Waals surface area contributed by atoms with Crippen molar-refractivity contribution in [1.82, 2.24) is 0 Å². The van der Waals surface area contributed by atoms with Crippen molar-refractivity contribution in [3.05, 3.63) is 91.2 Å². The van der Waals surface area contributed by atoms with Crippen LogP contribution < -0.4 is 9.64 Å². The van der Waals surface area contributed by atoms with Crippen LogP contribution in [-0.2, 0) is 4.79 Å². The lowest BCUT2D eigenvalue weighted by Gasteiger charge is -2.49. The summed E-state index contributed by atoms with van der Waals surface area (Å²) in [5.74, 6) is 1.71. The summed E-state index contributed by atoms with van der Waals surface area (Å²) in [6.07, 6.45) is 7.45. The zero-order valence-corrected chi connectivity index (χ0v) is 13.6. The highest BCUT2D eigenvalue weighted by molar-refractivity contribution is 6.30. The average molecular weight is 337 g/mol. The van der Waals surface area contributed by atoms with Crippen LogP contribution >= 0.6 is 11.6 Å². The Labute approximate surface area is 147 Å². The maximum absolute atomic E-state index is 12.7. The highest BCUT2D eigenvalue weighted by Gasteiger charge is 2.54. The van der Waals surface area contributed by atoms with Gasteiger partial charge in [0.1, 0.15) is 5.75 Å². The Hall–Kier alpha value is -2.00. The molecule has 5 radical (unpaired) electrons. The molecule has 2 fully saturated rings. The quantitative estimate of drug-likeness (QED) is 0.792. The van der Waals surface area contributed by atoms with E-state index in [1.54, 1.807) is 17.0 Å². The zero-order valence-electron chi connectivity index (χ0n) is 12.8. The van der Waals surface area contributed by atoms with Crippen molar-refractivity contribution in [3.63, 3.8) is 0 Å². The van der Waals surface area contributed by atoms with Gasteiger partial charge in [0.25, 0.3) is 5.91 Å². The Bertz CT molecular complexity index is 710. The lowest BCUT2D eigenvalue weighted by Crippen LogP contribution is -2.69. The number of hydrogen-bond donors (Lipinski definition) is 0. The number of benzene rings is 2. The van der Waals surface area contributed by atoms with Gasteiger partial charge in [0.05, 0.1) is 6.04 Å². The van der Waals surface area contributed by atoms with Crippen molar-refractivity contribution in [1.29, 1.82) is 0 Å². The number of anilines is 1. The third-order valence-corrected chi connectivity index (χ3v) is 4.44. The molecule has 1 aliphatic carbocycles. The summed E-state index contributed by atoms with van der Waals surface area (Å²) in [5.41, 5.74) is 0.823. The summed E-state index contributed by atoms with van der Waals surface area (Å²) < 4.78 is 5.96. The summed E-state index contributed by atoms with van der Waals surface area (Å²) in [4.78, 5) is 14.5. The van der Waals surface area contributed by atoms with E-state index < -0.39 is 6.10 Å². The van der Waals surface area contributed by atoms with Gasteiger partial charge in [-0.15, -0.1) is 0 Å². The lowest BCUT2D eigenvalue weighted by atomic mass is 9.84. The van der Waals surface area contributed by atoms with Gasteiger partial charge in [0, 0.05) is 16.6 Å². The fourth-order valence-corrected chi connectivity index (χ4v) is 3.15. The smallest absolute Gasteiger partial charge is 0.270 e. The Balaban J connectivity index is 1.60. The van der Waals surface area contributed by atoms with Crippen LogP contribution in [0.3, 0.4) is 0 Å². The molecule has 24 heavy (non-hydrogen) atoms. The Morgan fingerprint density at radius 1 is 0.917 bits per heavy atom. The van der Waals surface area contributed by atoms with Crippen molar-refractivity contribution in [2.45, 2.75) is 12.1 Å². The van der Waals surface area contributed by atoms with Crippen LogP contribution in [0.15, 0.2) is 54.6 Å². The minimum atomic E-state index is -0.523. The first-order valence-corrected chi connectivity index (χ1v) is 8.14. The number of hydrogen-bond acceptors (Lipinski definition) is 2. The molecule has 2 aromatic carbocycles. The molecule has 1 saturated heterocycles. The second-order valence-corrected chi connectivity index (χ2v) is 6.14. The van der Waals surface area contributed by atoms with E-state index in [1.807, 2.05) is 68.1 Å². The zero-order chi connectivity index (χ0) is 16.5. The van der Waals surface area contributed by atoms with Crippen molar-refractivity contribution in [2.75, 3.05) is 4.90 Å². The highest BCUT2D eigenvalue weighted by atomic mass is 35.5. The second-order valence-electron chi connectivity index (χ2n) is 5.70. The largest absolute Gasteiger partial charge is 0.478 e. The number of amides is 1. The van der Waals surface area contributed by atoms with Gasteiger partial charge in [-0.05, 0) is 62.1 Å². The van der Waals surface area contributed by atoms with Crippen LogP contribution in [0.5, 0.6) is 5.75 Å². The molecular formula is C20H15ClNO2. The standard InChI is InChI=1S/C20H15ClNO2/c21-15-10-12-16(13-11-15)22-18(14-6-4-5-7-14)19(20(22)23)24-17-8-2-1-3-9-17/h1-13,18-19H/t18-,19+/m0/s1. The topological polar surface area (TPSA) is 29.5 Å². The predicted octanol–water partition coefficient (Wildman–Crippen LogP) is 3.91. The number of carbonyl (C=O) groups excluding carboxylic acids is 1. The van der Waals surface area contributed by atoms with E-state index in [-0.39, 0.29) is 11.9 Å². The number of rotatable bonds is 4. The summed E-state index contributed by atoms with van der Waals surface area (Å²) in [5, 5.41) is 0.647. The number of carbonyl (C=O) groups is 1. The molecule has 0 aromatic heterocycles. The van der Waals surface area contributed by atoms with Crippen LogP contribution in [0.2, 0.25) is 5.02 Å². The van der Waals surface area contributed by atoms with Gasteiger partial charge in [-0.1, -0.05) is 29.8 Å². The first kappa shape index (κ1) is 15.5. The van der Waals surface area contributed by atoms with E-state index in [1.165, 1.54) is 0 Å². The van der Waals surface area contributed by atoms with Crippen molar-refractivity contribution < 1.29 is 9.53 Å². The average Bonchev–Trinajstić information content (AvgIpc) is 3.13. The van der Waals surface area contributed by atoms with Gasteiger partial charge in [-0.3, -0.25) is 4.79 Å². The number of para-hydroxylation sites is 1. The molecule has 4 rings (SSSR count). The molecule has 119 valence electrons. The minimum absolute atomic E-state index is 0.0487. The van der Waals surface area contributed by atoms with Gasteiger partial charge in [-0.25, -0.2) is 0 Å². The molecule has 2 aromatic rings. The molecule has 1 saturated carbocycles. The molecule has 2 atom stereocenters. The Morgan fingerprint density at radius 2 is 1.58 bits per heavy atom. The van der Waals surface area contributed by atoms with Crippen molar-refractivity contribution in [2.24, 2.45) is 0 Å². The number of nitrogens with zero attached hydrogens (tertiary/aromatic N) is 1. The molecule has 0 bridgehead atoms. The van der Waals surface area contributed by atoms with E-state index in [9.17, 15) is 4.79 Å². The van der Waals surface area contributed by atoms with Gasteiger partial charge in [0.2, 0.25) is 0 Å². The minimum Gasteiger partial charge on any atom is -0.478 e. The molecule has 0 N–H and O–H groups in total. The van der Waals surface area contributed by atoms with Crippen LogP contribution in [0.25, 0.3) is 0 Å². The Morgan fingerprint density at radius 3 is 2.25 bits per heavy atom. The van der Waals surface area contributed by atoms with Crippen LogP contribution in [0.4, 0.5) is 5.69 Å².